The normalized spacial score (nSPS) is 39.5. The Bertz CT molecular complexity index is 531. The largest absolute Gasteiger partial charge is 0.293 e. The smallest absolute Gasteiger partial charge is 0.274 e. The summed E-state index contributed by atoms with van der Waals surface area (Å²) in [6.45, 7) is 0. The molecule has 0 aromatic carbocycles. The minimum absolute atomic E-state index is 0.0114. The standard InChI is InChI=1S/C13H19N5O/c14-16-12-15-11(19)10(17-18-12)13-4-7-1-8(5-13)3-9(2-7)6-13/h7-9H,1-6,14H2,(H2,15,16,18,19). The molecule has 1 heterocycles. The number of aromatic amines is 1. The van der Waals surface area contributed by atoms with Gasteiger partial charge in [0.2, 0.25) is 5.95 Å². The van der Waals surface area contributed by atoms with Crippen LogP contribution in [0.3, 0.4) is 0 Å². The monoisotopic (exact) mass is 261 g/mol. The number of hydrogen-bond donors (Lipinski definition) is 3. The average Bonchev–Trinajstić information content (AvgIpc) is 2.36. The van der Waals surface area contributed by atoms with Crippen LogP contribution in [0.25, 0.3) is 0 Å². The van der Waals surface area contributed by atoms with E-state index in [-0.39, 0.29) is 16.9 Å². The van der Waals surface area contributed by atoms with Gasteiger partial charge in [0.25, 0.3) is 5.56 Å². The highest BCUT2D eigenvalue weighted by Gasteiger charge is 2.53. The zero-order chi connectivity index (χ0) is 13.0. The number of nitrogens with one attached hydrogen (secondary N) is 2. The Morgan fingerprint density at radius 2 is 1.68 bits per heavy atom. The maximum absolute atomic E-state index is 12.3. The van der Waals surface area contributed by atoms with E-state index in [0.29, 0.717) is 5.69 Å². The van der Waals surface area contributed by atoms with Gasteiger partial charge in [0.1, 0.15) is 5.69 Å². The molecule has 4 fully saturated rings. The molecule has 4 N–H and O–H groups in total. The van der Waals surface area contributed by atoms with Crippen molar-refractivity contribution in [1.82, 2.24) is 15.2 Å². The third-order valence-corrected chi connectivity index (χ3v) is 5.37. The molecule has 6 nitrogen and oxygen atoms in total. The summed E-state index contributed by atoms with van der Waals surface area (Å²) < 4.78 is 0. The minimum atomic E-state index is -0.120. The number of aromatic nitrogens is 3. The SMILES string of the molecule is NNc1nnc(C23CC4CC(CC(C4)C2)C3)c(=O)[nH]1. The molecule has 0 unspecified atom stereocenters. The lowest BCUT2D eigenvalue weighted by atomic mass is 9.49. The van der Waals surface area contributed by atoms with Gasteiger partial charge in [0.05, 0.1) is 0 Å². The van der Waals surface area contributed by atoms with Gasteiger partial charge in [0.15, 0.2) is 0 Å². The van der Waals surface area contributed by atoms with Gasteiger partial charge in [-0.25, -0.2) is 5.84 Å². The van der Waals surface area contributed by atoms with Crippen LogP contribution in [-0.2, 0) is 5.41 Å². The molecular weight excluding hydrogens is 242 g/mol. The number of nitrogens with zero attached hydrogens (tertiary/aromatic N) is 2. The van der Waals surface area contributed by atoms with Gasteiger partial charge in [-0.05, 0) is 56.3 Å². The van der Waals surface area contributed by atoms with Crippen LogP contribution in [0, 0.1) is 17.8 Å². The highest BCUT2D eigenvalue weighted by molar-refractivity contribution is 5.24. The first-order chi connectivity index (χ1) is 9.18. The van der Waals surface area contributed by atoms with E-state index in [0.717, 1.165) is 37.0 Å². The Morgan fingerprint density at radius 3 is 2.16 bits per heavy atom. The lowest BCUT2D eigenvalue weighted by Crippen LogP contribution is -2.51. The van der Waals surface area contributed by atoms with Gasteiger partial charge in [-0.15, -0.1) is 10.2 Å². The van der Waals surface area contributed by atoms with E-state index < -0.39 is 0 Å². The maximum atomic E-state index is 12.3. The van der Waals surface area contributed by atoms with E-state index in [4.69, 9.17) is 5.84 Å². The number of anilines is 1. The first-order valence-corrected chi connectivity index (χ1v) is 7.12. The summed E-state index contributed by atoms with van der Waals surface area (Å²) >= 11 is 0. The van der Waals surface area contributed by atoms with Crippen molar-refractivity contribution >= 4 is 5.95 Å². The van der Waals surface area contributed by atoms with Gasteiger partial charge >= 0.3 is 0 Å². The van der Waals surface area contributed by atoms with Crippen LogP contribution in [0.1, 0.15) is 44.2 Å². The Balaban J connectivity index is 1.77. The second kappa shape index (κ2) is 3.79. The molecule has 0 atom stereocenters. The lowest BCUT2D eigenvalue weighted by Gasteiger charge is -2.55. The minimum Gasteiger partial charge on any atom is -0.293 e. The number of rotatable bonds is 2. The molecule has 0 amide bonds. The van der Waals surface area contributed by atoms with Crippen LogP contribution < -0.4 is 16.8 Å². The fourth-order valence-corrected chi connectivity index (χ4v) is 5.15. The molecule has 4 saturated carbocycles. The predicted molar refractivity (Wildman–Crippen MR) is 70.3 cm³/mol. The molecule has 4 aliphatic carbocycles. The molecule has 5 rings (SSSR count). The van der Waals surface area contributed by atoms with Crippen LogP contribution >= 0.6 is 0 Å². The average molecular weight is 261 g/mol. The van der Waals surface area contributed by atoms with E-state index in [1.807, 2.05) is 0 Å². The quantitative estimate of drug-likeness (QED) is 0.543. The summed E-state index contributed by atoms with van der Waals surface area (Å²) in [5, 5.41) is 8.18. The van der Waals surface area contributed by atoms with Crippen molar-refractivity contribution in [2.75, 3.05) is 5.43 Å². The van der Waals surface area contributed by atoms with Crippen LogP contribution in [-0.4, -0.2) is 15.2 Å². The van der Waals surface area contributed by atoms with Crippen LogP contribution in [0.4, 0.5) is 5.95 Å². The predicted octanol–water partition coefficient (Wildman–Crippen LogP) is 0.918. The van der Waals surface area contributed by atoms with E-state index in [1.165, 1.54) is 19.3 Å². The van der Waals surface area contributed by atoms with Gasteiger partial charge < -0.3 is 0 Å². The molecule has 102 valence electrons. The summed E-state index contributed by atoms with van der Waals surface area (Å²) in [6, 6.07) is 0. The highest BCUT2D eigenvalue weighted by atomic mass is 16.1. The van der Waals surface area contributed by atoms with Crippen LogP contribution in [0.15, 0.2) is 4.79 Å². The fourth-order valence-electron chi connectivity index (χ4n) is 5.15. The summed E-state index contributed by atoms with van der Waals surface area (Å²) in [5.41, 5.74) is 2.85. The number of hydrazine groups is 1. The number of nitrogens with two attached hydrogens (primary N) is 1. The van der Waals surface area contributed by atoms with Gasteiger partial charge in [-0.1, -0.05) is 0 Å². The molecule has 4 bridgehead atoms. The first-order valence-electron chi connectivity index (χ1n) is 7.12. The first kappa shape index (κ1) is 11.4. The molecule has 0 spiro atoms. The summed E-state index contributed by atoms with van der Waals surface area (Å²) in [4.78, 5) is 14.9. The number of hydrogen-bond acceptors (Lipinski definition) is 5. The van der Waals surface area contributed by atoms with E-state index >= 15 is 0 Å². The van der Waals surface area contributed by atoms with Crippen molar-refractivity contribution in [3.8, 4) is 0 Å². The summed E-state index contributed by atoms with van der Waals surface area (Å²) in [6.07, 6.45) is 7.41. The Morgan fingerprint density at radius 1 is 1.11 bits per heavy atom. The molecule has 0 aliphatic heterocycles. The van der Waals surface area contributed by atoms with Crippen molar-refractivity contribution in [2.24, 2.45) is 23.6 Å². The third kappa shape index (κ3) is 1.62. The zero-order valence-electron chi connectivity index (χ0n) is 10.9. The molecule has 6 heteroatoms. The Kier molecular flexibility index (Phi) is 2.27. The number of H-pyrrole nitrogens is 1. The second-order valence-corrected chi connectivity index (χ2v) is 6.69. The molecule has 19 heavy (non-hydrogen) atoms. The van der Waals surface area contributed by atoms with Crippen molar-refractivity contribution in [3.63, 3.8) is 0 Å². The highest BCUT2D eigenvalue weighted by Crippen LogP contribution is 2.59. The summed E-state index contributed by atoms with van der Waals surface area (Å²) in [7, 11) is 0. The molecule has 0 saturated heterocycles. The molecule has 4 aliphatic rings. The fraction of sp³-hybridized carbons (Fsp3) is 0.769. The molecule has 1 aromatic heterocycles. The maximum Gasteiger partial charge on any atom is 0.274 e. The van der Waals surface area contributed by atoms with Gasteiger partial charge in [-0.2, -0.15) is 0 Å². The van der Waals surface area contributed by atoms with Crippen molar-refractivity contribution < 1.29 is 0 Å². The molecule has 0 radical (unpaired) electrons. The van der Waals surface area contributed by atoms with Crippen molar-refractivity contribution in [1.29, 1.82) is 0 Å². The molecular formula is C13H19N5O. The van der Waals surface area contributed by atoms with Crippen molar-refractivity contribution in [2.45, 2.75) is 43.9 Å². The topological polar surface area (TPSA) is 96.7 Å². The second-order valence-electron chi connectivity index (χ2n) is 6.69. The van der Waals surface area contributed by atoms with E-state index in [2.05, 4.69) is 20.6 Å². The zero-order valence-corrected chi connectivity index (χ0v) is 10.9. The lowest BCUT2D eigenvalue weighted by molar-refractivity contribution is -0.00833. The van der Waals surface area contributed by atoms with Crippen LogP contribution in [0.2, 0.25) is 0 Å². The van der Waals surface area contributed by atoms with Crippen molar-refractivity contribution in [3.05, 3.63) is 16.0 Å². The van der Waals surface area contributed by atoms with E-state index in [9.17, 15) is 4.79 Å². The van der Waals surface area contributed by atoms with Crippen LogP contribution in [0.5, 0.6) is 0 Å². The Labute approximate surface area is 111 Å². The van der Waals surface area contributed by atoms with E-state index in [1.54, 1.807) is 0 Å². The number of nitrogen functional groups attached to an aromatic ring is 1. The third-order valence-electron chi connectivity index (χ3n) is 5.37. The van der Waals surface area contributed by atoms with Gasteiger partial charge in [0, 0.05) is 5.41 Å². The van der Waals surface area contributed by atoms with Gasteiger partial charge in [-0.3, -0.25) is 15.2 Å². The molecule has 1 aromatic rings. The summed E-state index contributed by atoms with van der Waals surface area (Å²) in [5.74, 6) is 7.86. The Hall–Kier alpha value is -1.43.